The van der Waals surface area contributed by atoms with Crippen molar-refractivity contribution in [3.8, 4) is 0 Å². The molecule has 1 unspecified atom stereocenters. The highest BCUT2D eigenvalue weighted by Gasteiger charge is 2.53. The molecule has 28 heavy (non-hydrogen) atoms. The van der Waals surface area contributed by atoms with Gasteiger partial charge in [0, 0.05) is 6.42 Å². The first-order valence-electron chi connectivity index (χ1n) is 9.17. The molecule has 0 radical (unpaired) electrons. The molecule has 0 spiro atoms. The van der Waals surface area contributed by atoms with E-state index in [1.54, 1.807) is 32.9 Å². The molecule has 6 nitrogen and oxygen atoms in total. The summed E-state index contributed by atoms with van der Waals surface area (Å²) in [6.07, 6.45) is 0.285. The lowest BCUT2D eigenvalue weighted by Crippen LogP contribution is -2.46. The molecule has 2 aromatic rings. The Balaban J connectivity index is 1.94. The number of carbonyl (C=O) groups excluding carboxylic acids is 3. The number of hydrogen-bond donors (Lipinski definition) is 1. The fraction of sp³-hybridized carbons (Fsp3) is 0.318. The van der Waals surface area contributed by atoms with Crippen LogP contribution in [0.5, 0.6) is 0 Å². The topological polar surface area (TPSA) is 75.7 Å². The zero-order chi connectivity index (χ0) is 20.4. The molecule has 146 valence electrons. The van der Waals surface area contributed by atoms with Crippen molar-refractivity contribution in [2.45, 2.75) is 38.3 Å². The molecule has 1 heterocycles. The van der Waals surface area contributed by atoms with Crippen LogP contribution in [0, 0.1) is 0 Å². The fourth-order valence-corrected chi connectivity index (χ4v) is 3.31. The van der Waals surface area contributed by atoms with Gasteiger partial charge in [-0.25, -0.2) is 4.79 Å². The van der Waals surface area contributed by atoms with E-state index in [-0.39, 0.29) is 6.42 Å². The first-order valence-corrected chi connectivity index (χ1v) is 9.17. The van der Waals surface area contributed by atoms with E-state index in [9.17, 15) is 14.4 Å². The van der Waals surface area contributed by atoms with Crippen LogP contribution >= 0.6 is 0 Å². The van der Waals surface area contributed by atoms with Gasteiger partial charge in [-0.05, 0) is 31.9 Å². The molecule has 0 aromatic heterocycles. The lowest BCUT2D eigenvalue weighted by molar-refractivity contribution is -0.157. The van der Waals surface area contributed by atoms with Gasteiger partial charge in [0.05, 0.1) is 0 Å². The summed E-state index contributed by atoms with van der Waals surface area (Å²) >= 11 is 0. The average Bonchev–Trinajstić information content (AvgIpc) is 2.87. The van der Waals surface area contributed by atoms with Crippen molar-refractivity contribution < 1.29 is 19.1 Å². The van der Waals surface area contributed by atoms with Gasteiger partial charge in [0.1, 0.15) is 12.1 Å². The number of hydrogen-bond acceptors (Lipinski definition) is 4. The molecule has 3 rings (SSSR count). The largest absolute Gasteiger partial charge is 0.459 e. The van der Waals surface area contributed by atoms with Crippen LogP contribution in [-0.4, -0.2) is 35.0 Å². The normalized spacial score (nSPS) is 19.5. The van der Waals surface area contributed by atoms with Crippen LogP contribution in [-0.2, 0) is 26.3 Å². The van der Waals surface area contributed by atoms with E-state index in [0.717, 1.165) is 10.5 Å². The minimum Gasteiger partial charge on any atom is -0.459 e. The number of carbonyl (C=O) groups is 3. The fourth-order valence-electron chi connectivity index (χ4n) is 3.31. The highest BCUT2D eigenvalue weighted by Crippen LogP contribution is 2.33. The summed E-state index contributed by atoms with van der Waals surface area (Å²) < 4.78 is 5.28. The number of ether oxygens (including phenoxy) is 1. The second-order valence-electron chi connectivity index (χ2n) is 7.84. The van der Waals surface area contributed by atoms with Gasteiger partial charge in [0.15, 0.2) is 5.54 Å². The molecule has 1 fully saturated rings. The first kappa shape index (κ1) is 19.6. The van der Waals surface area contributed by atoms with Gasteiger partial charge in [-0.1, -0.05) is 60.7 Å². The molecule has 0 saturated carbocycles. The number of amides is 3. The van der Waals surface area contributed by atoms with Crippen LogP contribution in [0.25, 0.3) is 0 Å². The molecular formula is C22H24N2O4. The summed E-state index contributed by atoms with van der Waals surface area (Å²) in [6, 6.07) is 18.0. The van der Waals surface area contributed by atoms with Crippen molar-refractivity contribution in [3.05, 3.63) is 71.8 Å². The zero-order valence-electron chi connectivity index (χ0n) is 16.3. The molecule has 3 amide bonds. The second kappa shape index (κ2) is 7.46. The maximum absolute atomic E-state index is 13.4. The van der Waals surface area contributed by atoms with E-state index in [0.29, 0.717) is 5.56 Å². The van der Waals surface area contributed by atoms with Crippen LogP contribution < -0.4 is 5.32 Å². The van der Waals surface area contributed by atoms with Crippen molar-refractivity contribution in [2.75, 3.05) is 6.54 Å². The predicted octanol–water partition coefficient (Wildman–Crippen LogP) is 3.02. The number of rotatable bonds is 5. The lowest BCUT2D eigenvalue weighted by atomic mass is 9.83. The maximum Gasteiger partial charge on any atom is 0.326 e. The molecule has 1 aliphatic heterocycles. The number of nitrogens with zero attached hydrogens (tertiary/aromatic N) is 1. The molecule has 6 heteroatoms. The number of urea groups is 1. The molecule has 0 bridgehead atoms. The average molecular weight is 380 g/mol. The van der Waals surface area contributed by atoms with Gasteiger partial charge < -0.3 is 10.1 Å². The van der Waals surface area contributed by atoms with Crippen LogP contribution in [0.3, 0.4) is 0 Å². The molecule has 1 aliphatic rings. The third kappa shape index (κ3) is 4.06. The molecule has 1 atom stereocenters. The number of esters is 1. The van der Waals surface area contributed by atoms with E-state index in [4.69, 9.17) is 4.74 Å². The van der Waals surface area contributed by atoms with Crippen molar-refractivity contribution in [3.63, 3.8) is 0 Å². The van der Waals surface area contributed by atoms with Crippen LogP contribution in [0.2, 0.25) is 0 Å². The van der Waals surface area contributed by atoms with Crippen LogP contribution in [0.15, 0.2) is 60.7 Å². The van der Waals surface area contributed by atoms with Crippen molar-refractivity contribution in [1.82, 2.24) is 10.2 Å². The van der Waals surface area contributed by atoms with Gasteiger partial charge >= 0.3 is 12.0 Å². The Morgan fingerprint density at radius 2 is 1.57 bits per heavy atom. The second-order valence-corrected chi connectivity index (χ2v) is 7.84. The highest BCUT2D eigenvalue weighted by molar-refractivity contribution is 6.09. The quantitative estimate of drug-likeness (QED) is 0.639. The third-order valence-electron chi connectivity index (χ3n) is 4.46. The Hall–Kier alpha value is -3.15. The summed E-state index contributed by atoms with van der Waals surface area (Å²) in [5.41, 5.74) is -0.387. The molecule has 0 aliphatic carbocycles. The Kier molecular flexibility index (Phi) is 5.23. The van der Waals surface area contributed by atoms with Gasteiger partial charge in [0.25, 0.3) is 5.91 Å². The summed E-state index contributed by atoms with van der Waals surface area (Å²) in [7, 11) is 0. The molecule has 1 N–H and O–H groups in total. The zero-order valence-corrected chi connectivity index (χ0v) is 16.3. The SMILES string of the molecule is CC(C)(C)OC(=O)CN1C(=O)NC(Cc2ccccc2)(c2ccccc2)C1=O. The van der Waals surface area contributed by atoms with E-state index >= 15 is 0 Å². The number of nitrogens with one attached hydrogen (secondary N) is 1. The van der Waals surface area contributed by atoms with Crippen LogP contribution in [0.1, 0.15) is 31.9 Å². The van der Waals surface area contributed by atoms with Crippen LogP contribution in [0.4, 0.5) is 4.79 Å². The Bertz CT molecular complexity index is 874. The highest BCUT2D eigenvalue weighted by atomic mass is 16.6. The minimum atomic E-state index is -1.26. The maximum atomic E-state index is 13.4. The van der Waals surface area contributed by atoms with Gasteiger partial charge in [0.2, 0.25) is 0 Å². The Morgan fingerprint density at radius 1 is 1.00 bits per heavy atom. The third-order valence-corrected chi connectivity index (χ3v) is 4.46. The Labute approximate surface area is 164 Å². The summed E-state index contributed by atoms with van der Waals surface area (Å²) in [5.74, 6) is -1.09. The van der Waals surface area contributed by atoms with Gasteiger partial charge in [-0.3, -0.25) is 14.5 Å². The monoisotopic (exact) mass is 380 g/mol. The van der Waals surface area contributed by atoms with Gasteiger partial charge in [-0.15, -0.1) is 0 Å². The van der Waals surface area contributed by atoms with E-state index in [1.165, 1.54) is 0 Å². The number of imide groups is 1. The summed E-state index contributed by atoms with van der Waals surface area (Å²) in [4.78, 5) is 39.2. The minimum absolute atomic E-state index is 0.285. The molecular weight excluding hydrogens is 356 g/mol. The lowest BCUT2D eigenvalue weighted by Gasteiger charge is -2.27. The predicted molar refractivity (Wildman–Crippen MR) is 104 cm³/mol. The van der Waals surface area contributed by atoms with Crippen molar-refractivity contribution >= 4 is 17.9 Å². The Morgan fingerprint density at radius 3 is 2.14 bits per heavy atom. The smallest absolute Gasteiger partial charge is 0.326 e. The molecule has 2 aromatic carbocycles. The first-order chi connectivity index (χ1) is 13.2. The van der Waals surface area contributed by atoms with Crippen molar-refractivity contribution in [1.29, 1.82) is 0 Å². The standard InChI is InChI=1S/C22H24N2O4/c1-21(2,3)28-18(25)15-24-19(26)22(23-20(24)27,17-12-8-5-9-13-17)14-16-10-6-4-7-11-16/h4-13H,14-15H2,1-3H3,(H,23,27). The van der Waals surface area contributed by atoms with Crippen molar-refractivity contribution in [2.24, 2.45) is 0 Å². The summed E-state index contributed by atoms with van der Waals surface area (Å²) in [6.45, 7) is 4.78. The van der Waals surface area contributed by atoms with Gasteiger partial charge in [-0.2, -0.15) is 0 Å². The molecule has 1 saturated heterocycles. The van der Waals surface area contributed by atoms with E-state index in [2.05, 4.69) is 5.32 Å². The number of benzene rings is 2. The van der Waals surface area contributed by atoms with E-state index in [1.807, 2.05) is 48.5 Å². The summed E-state index contributed by atoms with van der Waals surface area (Å²) in [5, 5.41) is 2.83. The van der Waals surface area contributed by atoms with E-state index < -0.39 is 35.6 Å².